The van der Waals surface area contributed by atoms with Gasteiger partial charge in [-0.1, -0.05) is 12.1 Å². The first-order valence-electron chi connectivity index (χ1n) is 7.75. The van der Waals surface area contributed by atoms with Crippen molar-refractivity contribution < 1.29 is 24.0 Å². The van der Waals surface area contributed by atoms with Crippen LogP contribution in [0.2, 0.25) is 0 Å². The van der Waals surface area contributed by atoms with Gasteiger partial charge in [0.2, 0.25) is 5.78 Å². The molecular formula is C16H16N4O8. The van der Waals surface area contributed by atoms with E-state index < -0.39 is 46.7 Å². The lowest BCUT2D eigenvalue weighted by atomic mass is 10.2. The fourth-order valence-electron chi connectivity index (χ4n) is 2.25. The minimum absolute atomic E-state index is 0.146. The molecule has 0 radical (unpaired) electrons. The number of anilines is 1. The summed E-state index contributed by atoms with van der Waals surface area (Å²) in [4.78, 5) is 58.0. The third kappa shape index (κ3) is 4.06. The van der Waals surface area contributed by atoms with Gasteiger partial charge in [0, 0.05) is 20.2 Å². The lowest BCUT2D eigenvalue weighted by molar-refractivity contribution is -0.385. The number of nitro benzene ring substituents is 1. The van der Waals surface area contributed by atoms with Gasteiger partial charge in [-0.05, 0) is 6.07 Å². The van der Waals surface area contributed by atoms with E-state index in [1.54, 1.807) is 0 Å². The van der Waals surface area contributed by atoms with Crippen LogP contribution in [-0.4, -0.2) is 39.0 Å². The highest BCUT2D eigenvalue weighted by Gasteiger charge is 2.22. The number of ketones is 1. The average molecular weight is 392 g/mol. The number of carbonyl (C=O) groups is 2. The van der Waals surface area contributed by atoms with Crippen LogP contribution < -0.4 is 21.7 Å². The lowest BCUT2D eigenvalue weighted by Gasteiger charge is -2.11. The molecule has 2 aromatic rings. The first kappa shape index (κ1) is 20.4. The van der Waals surface area contributed by atoms with Gasteiger partial charge >= 0.3 is 17.3 Å². The van der Waals surface area contributed by atoms with Crippen molar-refractivity contribution in [1.82, 2.24) is 9.13 Å². The molecule has 0 saturated carbocycles. The van der Waals surface area contributed by atoms with E-state index in [0.29, 0.717) is 4.57 Å². The number of nitrogen functional groups attached to an aromatic ring is 1. The molecule has 28 heavy (non-hydrogen) atoms. The predicted molar refractivity (Wildman–Crippen MR) is 95.2 cm³/mol. The number of ether oxygens (including phenoxy) is 2. The van der Waals surface area contributed by atoms with Gasteiger partial charge in [0.05, 0.1) is 4.92 Å². The van der Waals surface area contributed by atoms with Gasteiger partial charge in [-0.3, -0.25) is 28.8 Å². The molecule has 1 aromatic carbocycles. The van der Waals surface area contributed by atoms with Gasteiger partial charge in [0.25, 0.3) is 5.56 Å². The van der Waals surface area contributed by atoms with Gasteiger partial charge in [-0.25, -0.2) is 9.59 Å². The van der Waals surface area contributed by atoms with Crippen LogP contribution in [-0.2, 0) is 23.6 Å². The topological polar surface area (TPSA) is 166 Å². The molecule has 0 saturated heterocycles. The van der Waals surface area contributed by atoms with Crippen molar-refractivity contribution in [2.75, 3.05) is 18.9 Å². The summed E-state index contributed by atoms with van der Waals surface area (Å²) < 4.78 is 11.4. The summed E-state index contributed by atoms with van der Waals surface area (Å²) in [5.41, 5.74) is 3.18. The molecule has 0 aliphatic rings. The van der Waals surface area contributed by atoms with Crippen molar-refractivity contribution in [1.29, 1.82) is 0 Å². The fraction of sp³-hybridized carbons (Fsp3) is 0.250. The van der Waals surface area contributed by atoms with Gasteiger partial charge in [-0.15, -0.1) is 0 Å². The van der Waals surface area contributed by atoms with E-state index in [2.05, 4.69) is 0 Å². The molecule has 2 rings (SSSR count). The molecule has 2 N–H and O–H groups in total. The summed E-state index contributed by atoms with van der Waals surface area (Å²) >= 11 is 0. The Kier molecular flexibility index (Phi) is 5.93. The minimum atomic E-state index is -0.994. The normalized spacial score (nSPS) is 10.4. The van der Waals surface area contributed by atoms with E-state index in [0.717, 1.165) is 4.57 Å². The summed E-state index contributed by atoms with van der Waals surface area (Å²) in [6.07, 6.45) is 0. The number of aromatic nitrogens is 2. The second-order valence-corrected chi connectivity index (χ2v) is 5.56. The Hall–Kier alpha value is -3.96. The van der Waals surface area contributed by atoms with Crippen molar-refractivity contribution in [2.24, 2.45) is 14.1 Å². The first-order valence-corrected chi connectivity index (χ1v) is 7.75. The van der Waals surface area contributed by atoms with Crippen LogP contribution in [0.3, 0.4) is 0 Å². The third-order valence-corrected chi connectivity index (χ3v) is 3.76. The smallest absolute Gasteiger partial charge is 0.344 e. The second kappa shape index (κ2) is 8.16. The largest absolute Gasteiger partial charge is 0.475 e. The number of esters is 1. The molecule has 12 heteroatoms. The summed E-state index contributed by atoms with van der Waals surface area (Å²) in [6.45, 7) is -1.52. The summed E-state index contributed by atoms with van der Waals surface area (Å²) in [6, 6.07) is 5.41. The summed E-state index contributed by atoms with van der Waals surface area (Å²) in [5, 5.41) is 10.9. The Labute approximate surface area is 156 Å². The summed E-state index contributed by atoms with van der Waals surface area (Å²) in [7, 11) is 2.45. The molecule has 0 unspecified atom stereocenters. The van der Waals surface area contributed by atoms with Gasteiger partial charge < -0.3 is 15.2 Å². The maximum atomic E-state index is 12.2. The number of nitrogens with zero attached hydrogens (tertiary/aromatic N) is 3. The zero-order chi connectivity index (χ0) is 21.0. The number of nitro groups is 1. The number of hydrogen-bond acceptors (Lipinski definition) is 9. The van der Waals surface area contributed by atoms with Crippen molar-refractivity contribution in [3.8, 4) is 5.75 Å². The Morgan fingerprint density at radius 1 is 1.14 bits per heavy atom. The molecule has 0 atom stereocenters. The quantitative estimate of drug-likeness (QED) is 0.279. The van der Waals surface area contributed by atoms with E-state index in [-0.39, 0.29) is 17.3 Å². The van der Waals surface area contributed by atoms with E-state index in [9.17, 15) is 29.3 Å². The molecule has 1 heterocycles. The standard InChI is InChI=1S/C16H16N4O8/c1-18-14(17)13(15(23)19(2)16(18)24)10(21)7-28-12(22)8-27-11-6-4-3-5-9(11)20(25)26/h3-6H,7-8,17H2,1-2H3. The minimum Gasteiger partial charge on any atom is -0.475 e. The Morgan fingerprint density at radius 2 is 1.79 bits per heavy atom. The zero-order valence-corrected chi connectivity index (χ0v) is 14.9. The van der Waals surface area contributed by atoms with Crippen LogP contribution in [0.4, 0.5) is 11.5 Å². The van der Waals surface area contributed by atoms with E-state index in [1.165, 1.54) is 38.4 Å². The van der Waals surface area contributed by atoms with Crippen LogP contribution in [0.25, 0.3) is 0 Å². The fourth-order valence-corrected chi connectivity index (χ4v) is 2.25. The van der Waals surface area contributed by atoms with Gasteiger partial charge in [0.1, 0.15) is 11.4 Å². The van der Waals surface area contributed by atoms with Crippen molar-refractivity contribution >= 4 is 23.3 Å². The number of benzene rings is 1. The monoisotopic (exact) mass is 392 g/mol. The van der Waals surface area contributed by atoms with Crippen molar-refractivity contribution in [3.05, 3.63) is 60.8 Å². The Balaban J connectivity index is 2.05. The number of Topliss-reactive ketones (excluding diaryl/α,β-unsaturated/α-hetero) is 1. The van der Waals surface area contributed by atoms with Crippen LogP contribution in [0.5, 0.6) is 5.75 Å². The number of carbonyl (C=O) groups excluding carboxylic acids is 2. The molecular weight excluding hydrogens is 376 g/mol. The zero-order valence-electron chi connectivity index (χ0n) is 14.9. The molecule has 12 nitrogen and oxygen atoms in total. The third-order valence-electron chi connectivity index (χ3n) is 3.76. The molecule has 0 spiro atoms. The Bertz CT molecular complexity index is 1070. The van der Waals surface area contributed by atoms with Crippen LogP contribution in [0.15, 0.2) is 33.9 Å². The molecule has 0 fully saturated rings. The summed E-state index contributed by atoms with van der Waals surface area (Å²) in [5.74, 6) is -2.41. The van der Waals surface area contributed by atoms with E-state index in [1.807, 2.05) is 0 Å². The number of rotatable bonds is 7. The Morgan fingerprint density at radius 3 is 2.43 bits per heavy atom. The molecule has 0 bridgehead atoms. The average Bonchev–Trinajstić information content (AvgIpc) is 2.67. The molecule has 1 aromatic heterocycles. The van der Waals surface area contributed by atoms with Crippen LogP contribution in [0, 0.1) is 10.1 Å². The van der Waals surface area contributed by atoms with Crippen molar-refractivity contribution in [2.45, 2.75) is 0 Å². The van der Waals surface area contributed by atoms with Crippen LogP contribution >= 0.6 is 0 Å². The maximum absolute atomic E-state index is 12.2. The number of para-hydroxylation sites is 2. The van der Waals surface area contributed by atoms with E-state index in [4.69, 9.17) is 15.2 Å². The molecule has 0 aliphatic heterocycles. The second-order valence-electron chi connectivity index (χ2n) is 5.56. The number of nitrogens with two attached hydrogens (primary N) is 1. The highest BCUT2D eigenvalue weighted by molar-refractivity contribution is 6.01. The van der Waals surface area contributed by atoms with E-state index >= 15 is 0 Å². The molecule has 0 aliphatic carbocycles. The SMILES string of the molecule is Cn1c(N)c(C(=O)COC(=O)COc2ccccc2[N+](=O)[O-])c(=O)n(C)c1=O. The van der Waals surface area contributed by atoms with Gasteiger partial charge in [0.15, 0.2) is 19.0 Å². The first-order chi connectivity index (χ1) is 13.1. The highest BCUT2D eigenvalue weighted by Crippen LogP contribution is 2.25. The predicted octanol–water partition coefficient (Wildman–Crippen LogP) is -0.621. The molecule has 148 valence electrons. The highest BCUT2D eigenvalue weighted by atomic mass is 16.6. The van der Waals surface area contributed by atoms with Crippen LogP contribution in [0.1, 0.15) is 10.4 Å². The molecule has 0 amide bonds. The maximum Gasteiger partial charge on any atom is 0.344 e. The van der Waals surface area contributed by atoms with Crippen molar-refractivity contribution in [3.63, 3.8) is 0 Å². The lowest BCUT2D eigenvalue weighted by Crippen LogP contribution is -2.42. The number of hydrogen-bond donors (Lipinski definition) is 1. The van der Waals surface area contributed by atoms with Gasteiger partial charge in [-0.2, -0.15) is 0 Å².